The number of esters is 1. The van der Waals surface area contributed by atoms with Crippen LogP contribution in [0.25, 0.3) is 10.9 Å². The van der Waals surface area contributed by atoms with E-state index >= 15 is 0 Å². The van der Waals surface area contributed by atoms with Crippen molar-refractivity contribution in [3.63, 3.8) is 0 Å². The Morgan fingerprint density at radius 3 is 2.23 bits per heavy atom. The number of aromatic nitrogens is 2. The van der Waals surface area contributed by atoms with Crippen molar-refractivity contribution in [3.8, 4) is 34.8 Å². The number of amides is 1. The van der Waals surface area contributed by atoms with Crippen molar-refractivity contribution in [2.75, 3.05) is 41.6 Å². The van der Waals surface area contributed by atoms with Gasteiger partial charge in [0.05, 0.1) is 52.1 Å². The Morgan fingerprint density at radius 2 is 1.67 bits per heavy atom. The number of carbonyl (C=O) groups is 3. The third-order valence-corrected chi connectivity index (χ3v) is 6.88. The van der Waals surface area contributed by atoms with Crippen molar-refractivity contribution in [1.29, 1.82) is 0 Å². The van der Waals surface area contributed by atoms with Crippen molar-refractivity contribution >= 4 is 34.6 Å². The number of methoxy groups -OCH3 is 4. The second kappa shape index (κ2) is 15.4. The summed E-state index contributed by atoms with van der Waals surface area (Å²) in [4.78, 5) is 50.4. The molecule has 48 heavy (non-hydrogen) atoms. The lowest BCUT2D eigenvalue weighted by molar-refractivity contribution is -0.402. The van der Waals surface area contributed by atoms with Gasteiger partial charge in [-0.15, -0.1) is 5.92 Å². The van der Waals surface area contributed by atoms with Crippen molar-refractivity contribution in [1.82, 2.24) is 14.7 Å². The molecule has 0 fully saturated rings. The van der Waals surface area contributed by atoms with E-state index in [0.29, 0.717) is 28.0 Å². The monoisotopic (exact) mass is 664 g/mol. The summed E-state index contributed by atoms with van der Waals surface area (Å²) in [6.07, 6.45) is -0.895. The molecule has 1 amide bonds. The number of rotatable bonds is 14. The average molecular weight is 665 g/mol. The van der Waals surface area contributed by atoms with E-state index in [-0.39, 0.29) is 48.3 Å². The molecule has 252 valence electrons. The van der Waals surface area contributed by atoms with Crippen LogP contribution in [-0.2, 0) is 27.5 Å². The van der Waals surface area contributed by atoms with Crippen molar-refractivity contribution < 1.29 is 52.1 Å². The number of nitro groups is 1. The molecule has 0 aliphatic heterocycles. The number of hydrogen-bond acceptors (Lipinski definition) is 13. The summed E-state index contributed by atoms with van der Waals surface area (Å²) in [7, 11) is 5.76. The lowest BCUT2D eigenvalue weighted by atomic mass is 10.0. The Labute approximate surface area is 274 Å². The van der Waals surface area contributed by atoms with Crippen LogP contribution in [-0.4, -0.2) is 79.0 Å². The first-order valence-corrected chi connectivity index (χ1v) is 14.2. The van der Waals surface area contributed by atoms with Crippen LogP contribution in [0.3, 0.4) is 0 Å². The Morgan fingerprint density at radius 1 is 0.979 bits per heavy atom. The first-order valence-electron chi connectivity index (χ1n) is 14.2. The summed E-state index contributed by atoms with van der Waals surface area (Å²) in [5, 5.41) is 16.0. The number of carbonyl (C=O) groups excluding carboxylic acids is 3. The number of hydrogen-bond donors (Lipinski definition) is 0. The van der Waals surface area contributed by atoms with Crippen molar-refractivity contribution in [2.45, 2.75) is 27.1 Å². The fourth-order valence-corrected chi connectivity index (χ4v) is 4.74. The highest BCUT2D eigenvalue weighted by Gasteiger charge is 2.27. The smallest absolute Gasteiger partial charge is 0.433 e. The van der Waals surface area contributed by atoms with E-state index in [9.17, 15) is 24.5 Å². The van der Waals surface area contributed by atoms with Gasteiger partial charge in [-0.3, -0.25) is 24.6 Å². The largest absolute Gasteiger partial charge is 0.495 e. The second-order valence-electron chi connectivity index (χ2n) is 9.80. The molecule has 0 N–H and O–H groups in total. The number of furan rings is 1. The molecular formula is C32H32N4O12. The first-order chi connectivity index (χ1) is 23.1. The molecule has 16 heteroatoms. The molecule has 0 spiro atoms. The average Bonchev–Trinajstić information content (AvgIpc) is 3.71. The standard InChI is InChI=1S/C32H32N4O12/c1-7-8-22-24(42-3)11-10-23-28(30(38)20-15-25(43-4)31(45-6)26(16-20)44-5)33-35(29(22)23)18-34(13-14-46-19(2)37)32(39)47-17-21-9-12-27(48-21)36(40)41/h9-12,15-16H,13-14,17-18H2,1-6H3. The van der Waals surface area contributed by atoms with Gasteiger partial charge >= 0.3 is 17.9 Å². The summed E-state index contributed by atoms with van der Waals surface area (Å²) < 4.78 is 38.7. The van der Waals surface area contributed by atoms with Gasteiger partial charge in [0.2, 0.25) is 11.5 Å². The number of ketones is 1. The predicted molar refractivity (Wildman–Crippen MR) is 167 cm³/mol. The lowest BCUT2D eigenvalue weighted by Gasteiger charge is -2.22. The van der Waals surface area contributed by atoms with Crippen LogP contribution in [0.5, 0.6) is 23.0 Å². The zero-order valence-electron chi connectivity index (χ0n) is 27.0. The van der Waals surface area contributed by atoms with Crippen molar-refractivity contribution in [2.24, 2.45) is 0 Å². The fourth-order valence-electron chi connectivity index (χ4n) is 4.74. The minimum atomic E-state index is -0.895. The number of nitrogens with zero attached hydrogens (tertiary/aromatic N) is 4. The maximum atomic E-state index is 14.1. The SMILES string of the molecule is CC#Cc1c(OC)ccc2c(C(=O)c3cc(OC)c(OC)c(OC)c3)nn(CN(CCOC(C)=O)C(=O)OCc3ccc([N+](=O)[O-])o3)c12. The molecule has 16 nitrogen and oxygen atoms in total. The van der Waals surface area contributed by atoms with Gasteiger partial charge in [0.15, 0.2) is 18.1 Å². The quantitative estimate of drug-likeness (QED) is 0.0611. The molecule has 0 bridgehead atoms. The second-order valence-corrected chi connectivity index (χ2v) is 9.80. The molecule has 4 rings (SSSR count). The topological polar surface area (TPSA) is 184 Å². The van der Waals surface area contributed by atoms with Gasteiger partial charge < -0.3 is 32.8 Å². The Balaban J connectivity index is 1.81. The lowest BCUT2D eigenvalue weighted by Crippen LogP contribution is -2.36. The molecule has 2 aromatic carbocycles. The molecule has 4 aromatic rings. The van der Waals surface area contributed by atoms with Crippen LogP contribution in [0, 0.1) is 22.0 Å². The van der Waals surface area contributed by atoms with Gasteiger partial charge in [-0.05, 0) is 37.3 Å². The Hall–Kier alpha value is -6.24. The minimum absolute atomic E-state index is 0.0114. The third kappa shape index (κ3) is 7.41. The van der Waals surface area contributed by atoms with Gasteiger partial charge in [-0.1, -0.05) is 5.92 Å². The third-order valence-electron chi connectivity index (χ3n) is 6.88. The molecule has 0 radical (unpaired) electrons. The van der Waals surface area contributed by atoms with Crippen LogP contribution in [0.2, 0.25) is 0 Å². The number of ether oxygens (including phenoxy) is 6. The normalized spacial score (nSPS) is 10.5. The van der Waals surface area contributed by atoms with E-state index < -0.39 is 35.3 Å². The molecule has 2 aromatic heterocycles. The molecule has 2 heterocycles. The minimum Gasteiger partial charge on any atom is -0.495 e. The van der Waals surface area contributed by atoms with E-state index in [2.05, 4.69) is 16.9 Å². The predicted octanol–water partition coefficient (Wildman–Crippen LogP) is 4.33. The Bertz CT molecular complexity index is 1890. The summed E-state index contributed by atoms with van der Waals surface area (Å²) in [5.74, 6) is 5.46. The Kier molecular flexibility index (Phi) is 11.1. The zero-order chi connectivity index (χ0) is 35.0. The van der Waals surface area contributed by atoms with Crippen LogP contribution in [0.15, 0.2) is 40.8 Å². The number of benzene rings is 2. The summed E-state index contributed by atoms with van der Waals surface area (Å²) in [5.41, 5.74) is 0.947. The van der Waals surface area contributed by atoms with Crippen LogP contribution >= 0.6 is 0 Å². The molecule has 0 unspecified atom stereocenters. The van der Waals surface area contributed by atoms with E-state index in [1.54, 1.807) is 19.1 Å². The van der Waals surface area contributed by atoms with Crippen LogP contribution in [0.4, 0.5) is 10.7 Å². The molecule has 0 saturated heterocycles. The molecular weight excluding hydrogens is 632 g/mol. The highest BCUT2D eigenvalue weighted by atomic mass is 16.7. The van der Waals surface area contributed by atoms with Gasteiger partial charge in [0.1, 0.15) is 35.4 Å². The van der Waals surface area contributed by atoms with Crippen LogP contribution in [0.1, 0.15) is 41.2 Å². The van der Waals surface area contributed by atoms with Crippen molar-refractivity contribution in [3.05, 3.63) is 69.1 Å². The van der Waals surface area contributed by atoms with E-state index in [1.165, 1.54) is 63.1 Å². The highest BCUT2D eigenvalue weighted by molar-refractivity contribution is 6.16. The molecule has 0 saturated carbocycles. The van der Waals surface area contributed by atoms with E-state index in [1.807, 2.05) is 0 Å². The summed E-state index contributed by atoms with van der Waals surface area (Å²) in [6, 6.07) is 8.72. The van der Waals surface area contributed by atoms with E-state index in [0.717, 1.165) is 6.07 Å². The van der Waals surface area contributed by atoms with Gasteiger partial charge in [-0.2, -0.15) is 5.10 Å². The van der Waals surface area contributed by atoms with Gasteiger partial charge in [-0.25, -0.2) is 9.48 Å². The molecule has 0 aliphatic carbocycles. The fraction of sp³-hybridized carbons (Fsp3) is 0.312. The maximum Gasteiger partial charge on any atom is 0.433 e. The van der Waals surface area contributed by atoms with E-state index in [4.69, 9.17) is 32.8 Å². The van der Waals surface area contributed by atoms with Gasteiger partial charge in [0.25, 0.3) is 0 Å². The maximum absolute atomic E-state index is 14.1. The first kappa shape index (κ1) is 34.6. The number of fused-ring (bicyclic) bond motifs is 1. The van der Waals surface area contributed by atoms with Gasteiger partial charge in [0, 0.05) is 17.9 Å². The highest BCUT2D eigenvalue weighted by Crippen LogP contribution is 2.39. The van der Waals surface area contributed by atoms with Crippen LogP contribution < -0.4 is 18.9 Å². The summed E-state index contributed by atoms with van der Waals surface area (Å²) >= 11 is 0. The summed E-state index contributed by atoms with van der Waals surface area (Å²) in [6.45, 7) is 1.77. The molecule has 0 aliphatic rings. The molecule has 0 atom stereocenters. The zero-order valence-corrected chi connectivity index (χ0v) is 27.0.